The molecule has 1 aliphatic carbocycles. The number of carboxylic acids is 1. The van der Waals surface area contributed by atoms with Gasteiger partial charge in [0.2, 0.25) is 11.8 Å². The number of aliphatic hydroxyl groups is 1. The number of nitrogens with zero attached hydrogens (tertiary/aromatic N) is 5. The number of ketones is 1. The molecule has 3 atom stereocenters. The lowest BCUT2D eigenvalue weighted by molar-refractivity contribution is -0.142. The van der Waals surface area contributed by atoms with Gasteiger partial charge in [0.25, 0.3) is 5.91 Å². The van der Waals surface area contributed by atoms with Gasteiger partial charge in [-0.3, -0.25) is 29.0 Å². The zero-order valence-corrected chi connectivity index (χ0v) is 22.9. The Hall–Kier alpha value is -4.14. The molecule has 0 aromatic carbocycles. The van der Waals surface area contributed by atoms with E-state index in [1.807, 2.05) is 4.90 Å². The highest BCUT2D eigenvalue weighted by Crippen LogP contribution is 2.28. The maximum absolute atomic E-state index is 13.7. The van der Waals surface area contributed by atoms with Crippen LogP contribution in [0.4, 0.5) is 0 Å². The average molecular weight is 575 g/mol. The van der Waals surface area contributed by atoms with Crippen LogP contribution < -0.4 is 16.5 Å². The number of carboxylic acid groups (broad SMARTS) is 1. The van der Waals surface area contributed by atoms with Gasteiger partial charge >= 0.3 is 5.97 Å². The zero-order valence-electron chi connectivity index (χ0n) is 22.9. The van der Waals surface area contributed by atoms with E-state index in [2.05, 4.69) is 25.7 Å². The number of Topliss-reactive ketones (excluding diaryl/α,β-unsaturated/α-hetero) is 1. The summed E-state index contributed by atoms with van der Waals surface area (Å²) in [5.74, 6) is 1.98. The SMILES string of the molecule is NN=CN1CCC[C@@H](CC(=O)C[C@H](NC(=O)[C@@H](O)CCC(=O)O)C(=O)N(CCNC(=O)c2cnccn2)C2CC2)C1. The summed E-state index contributed by atoms with van der Waals surface area (Å²) >= 11 is 0. The van der Waals surface area contributed by atoms with Gasteiger partial charge in [0.15, 0.2) is 0 Å². The van der Waals surface area contributed by atoms with E-state index in [0.717, 1.165) is 32.2 Å². The van der Waals surface area contributed by atoms with Gasteiger partial charge in [-0.1, -0.05) is 0 Å². The van der Waals surface area contributed by atoms with E-state index >= 15 is 0 Å². The smallest absolute Gasteiger partial charge is 0.303 e. The van der Waals surface area contributed by atoms with Crippen molar-refractivity contribution in [3.05, 3.63) is 24.3 Å². The molecule has 0 unspecified atom stereocenters. The molecule has 1 aromatic rings. The zero-order chi connectivity index (χ0) is 29.8. The van der Waals surface area contributed by atoms with Crippen LogP contribution in [0.2, 0.25) is 0 Å². The van der Waals surface area contributed by atoms with Crippen LogP contribution in [0.1, 0.15) is 61.9 Å². The molecule has 0 spiro atoms. The molecule has 2 aliphatic rings. The first-order chi connectivity index (χ1) is 19.7. The van der Waals surface area contributed by atoms with Crippen LogP contribution >= 0.6 is 0 Å². The highest BCUT2D eigenvalue weighted by atomic mass is 16.4. The summed E-state index contributed by atoms with van der Waals surface area (Å²) in [6.07, 6.45) is 6.30. The van der Waals surface area contributed by atoms with E-state index in [0.29, 0.717) is 6.54 Å². The molecule has 1 aromatic heterocycles. The quantitative estimate of drug-likeness (QED) is 0.0688. The van der Waals surface area contributed by atoms with E-state index < -0.39 is 42.3 Å². The van der Waals surface area contributed by atoms with Gasteiger partial charge in [-0.05, 0) is 38.0 Å². The second kappa shape index (κ2) is 15.6. The summed E-state index contributed by atoms with van der Waals surface area (Å²) in [6.45, 7) is 1.60. The van der Waals surface area contributed by atoms with Crippen LogP contribution in [-0.2, 0) is 19.2 Å². The molecular formula is C26H38N8O7. The first-order valence-corrected chi connectivity index (χ1v) is 13.7. The van der Waals surface area contributed by atoms with Crippen molar-refractivity contribution in [3.63, 3.8) is 0 Å². The number of hydrogen-bond acceptors (Lipinski definition) is 10. The van der Waals surface area contributed by atoms with Gasteiger partial charge in [0, 0.05) is 63.9 Å². The normalized spacial score (nSPS) is 18.4. The Morgan fingerprint density at radius 1 is 1.22 bits per heavy atom. The number of hydrogen-bond donors (Lipinski definition) is 5. The number of piperidine rings is 1. The van der Waals surface area contributed by atoms with Crippen molar-refractivity contribution in [3.8, 4) is 0 Å². The molecule has 6 N–H and O–H groups in total. The molecule has 1 aliphatic heterocycles. The average Bonchev–Trinajstić information content (AvgIpc) is 3.79. The number of aromatic nitrogens is 2. The van der Waals surface area contributed by atoms with E-state index in [1.54, 1.807) is 0 Å². The monoisotopic (exact) mass is 574 g/mol. The molecular weight excluding hydrogens is 536 g/mol. The van der Waals surface area contributed by atoms with E-state index in [4.69, 9.17) is 10.9 Å². The fourth-order valence-corrected chi connectivity index (χ4v) is 4.81. The van der Waals surface area contributed by atoms with Gasteiger partial charge in [0.05, 0.1) is 6.20 Å². The fourth-order valence-electron chi connectivity index (χ4n) is 4.81. The van der Waals surface area contributed by atoms with E-state index in [1.165, 1.54) is 29.8 Å². The number of carbonyl (C=O) groups is 5. The second-order valence-corrected chi connectivity index (χ2v) is 10.3. The molecule has 41 heavy (non-hydrogen) atoms. The maximum atomic E-state index is 13.7. The van der Waals surface area contributed by atoms with Crippen molar-refractivity contribution in [2.75, 3.05) is 26.2 Å². The van der Waals surface area contributed by atoms with Crippen molar-refractivity contribution >= 4 is 35.8 Å². The first-order valence-electron chi connectivity index (χ1n) is 13.7. The minimum absolute atomic E-state index is 0.0256. The summed E-state index contributed by atoms with van der Waals surface area (Å²) in [4.78, 5) is 73.9. The Balaban J connectivity index is 1.66. The molecule has 2 heterocycles. The summed E-state index contributed by atoms with van der Waals surface area (Å²) in [6, 6.07) is -1.36. The number of aliphatic hydroxyl groups excluding tert-OH is 1. The lowest BCUT2D eigenvalue weighted by Crippen LogP contribution is -2.53. The van der Waals surface area contributed by atoms with Crippen molar-refractivity contribution in [1.82, 2.24) is 30.4 Å². The number of hydrazone groups is 1. The van der Waals surface area contributed by atoms with Crippen LogP contribution in [0.25, 0.3) is 0 Å². The molecule has 3 amide bonds. The molecule has 0 radical (unpaired) electrons. The summed E-state index contributed by atoms with van der Waals surface area (Å²) in [5.41, 5.74) is 0.127. The predicted molar refractivity (Wildman–Crippen MR) is 145 cm³/mol. The van der Waals surface area contributed by atoms with Crippen LogP contribution in [0, 0.1) is 5.92 Å². The Labute approximate surface area is 237 Å². The molecule has 0 bridgehead atoms. The molecule has 2 fully saturated rings. The molecule has 15 heteroatoms. The third-order valence-corrected chi connectivity index (χ3v) is 6.98. The fraction of sp³-hybridized carbons (Fsp3) is 0.615. The van der Waals surface area contributed by atoms with Gasteiger partial charge < -0.3 is 36.5 Å². The third kappa shape index (κ3) is 10.4. The highest BCUT2D eigenvalue weighted by molar-refractivity contribution is 5.94. The number of rotatable bonds is 16. The number of aliphatic carboxylic acids is 1. The Morgan fingerprint density at radius 3 is 2.66 bits per heavy atom. The predicted octanol–water partition coefficient (Wildman–Crippen LogP) is -1.13. The van der Waals surface area contributed by atoms with Crippen molar-refractivity contribution in [2.24, 2.45) is 16.9 Å². The van der Waals surface area contributed by atoms with E-state index in [9.17, 15) is 29.1 Å². The molecule has 3 rings (SSSR count). The number of likely N-dealkylation sites (tertiary alicyclic amines) is 1. The standard InChI is InChI=1S/C26H38N8O7/c27-31-16-33-10-1-2-17(15-33)12-19(35)13-20(32-25(40)22(36)5-6-23(37)38)26(41)34(18-3-4-18)11-9-30-24(39)21-14-28-7-8-29-21/h7-8,14,16-18,20,22,36H,1-6,9-13,15,27H2,(H,30,39)(H,32,40)(H,37,38)/t17-,20-,22-/m0/s1. The largest absolute Gasteiger partial charge is 0.481 e. The van der Waals surface area contributed by atoms with Crippen molar-refractivity contribution in [2.45, 2.75) is 69.6 Å². The Bertz CT molecular complexity index is 1100. The number of nitrogens with one attached hydrogen (secondary N) is 2. The van der Waals surface area contributed by atoms with Gasteiger partial charge in [-0.15, -0.1) is 0 Å². The Kier molecular flexibility index (Phi) is 11.9. The van der Waals surface area contributed by atoms with Crippen molar-refractivity contribution in [1.29, 1.82) is 0 Å². The van der Waals surface area contributed by atoms with Crippen LogP contribution in [0.15, 0.2) is 23.7 Å². The minimum atomic E-state index is -1.65. The van der Waals surface area contributed by atoms with Crippen LogP contribution in [-0.4, -0.2) is 110 Å². The summed E-state index contributed by atoms with van der Waals surface area (Å²) in [5, 5.41) is 27.8. The first kappa shape index (κ1) is 31.4. The molecule has 1 saturated carbocycles. The minimum Gasteiger partial charge on any atom is -0.481 e. The number of carbonyl (C=O) groups excluding carboxylic acids is 4. The van der Waals surface area contributed by atoms with Gasteiger partial charge in [-0.2, -0.15) is 5.10 Å². The number of nitrogens with two attached hydrogens (primary N) is 1. The third-order valence-electron chi connectivity index (χ3n) is 6.98. The molecule has 1 saturated heterocycles. The highest BCUT2D eigenvalue weighted by Gasteiger charge is 2.38. The number of amides is 3. The molecule has 224 valence electrons. The lowest BCUT2D eigenvalue weighted by Gasteiger charge is -2.31. The topological polar surface area (TPSA) is 221 Å². The van der Waals surface area contributed by atoms with Crippen LogP contribution in [0.3, 0.4) is 0 Å². The Morgan fingerprint density at radius 2 is 2.00 bits per heavy atom. The van der Waals surface area contributed by atoms with E-state index in [-0.39, 0.29) is 55.8 Å². The summed E-state index contributed by atoms with van der Waals surface area (Å²) < 4.78 is 0. The summed E-state index contributed by atoms with van der Waals surface area (Å²) in [7, 11) is 0. The van der Waals surface area contributed by atoms with Gasteiger partial charge in [-0.25, -0.2) is 4.98 Å². The maximum Gasteiger partial charge on any atom is 0.303 e. The lowest BCUT2D eigenvalue weighted by atomic mass is 9.91. The van der Waals surface area contributed by atoms with Gasteiger partial charge in [0.1, 0.15) is 30.0 Å². The molecule has 15 nitrogen and oxygen atoms in total. The second-order valence-electron chi connectivity index (χ2n) is 10.3. The van der Waals surface area contributed by atoms with Crippen molar-refractivity contribution < 1.29 is 34.2 Å². The van der Waals surface area contributed by atoms with Crippen LogP contribution in [0.5, 0.6) is 0 Å².